The van der Waals surface area contributed by atoms with Crippen molar-refractivity contribution in [1.29, 1.82) is 0 Å². The molecule has 1 fully saturated rings. The highest BCUT2D eigenvalue weighted by Gasteiger charge is 2.35. The molecular weight excluding hydrogens is 257 g/mol. The van der Waals surface area contributed by atoms with E-state index in [0.717, 1.165) is 19.4 Å². The van der Waals surface area contributed by atoms with E-state index in [-0.39, 0.29) is 0 Å². The van der Waals surface area contributed by atoms with Crippen LogP contribution in [0.15, 0.2) is 12.3 Å². The molecule has 0 unspecified atom stereocenters. The molecule has 1 aromatic heterocycles. The first-order chi connectivity index (χ1) is 8.88. The number of piperidine rings is 1. The predicted molar refractivity (Wildman–Crippen MR) is 66.0 cm³/mol. The molecule has 1 atom stereocenters. The van der Waals surface area contributed by atoms with Crippen molar-refractivity contribution in [3.63, 3.8) is 0 Å². The third-order valence-corrected chi connectivity index (χ3v) is 3.35. The lowest BCUT2D eigenvalue weighted by Crippen LogP contribution is -2.45. The van der Waals surface area contributed by atoms with Crippen LogP contribution in [-0.4, -0.2) is 48.1 Å². The van der Waals surface area contributed by atoms with Crippen LogP contribution in [-0.2, 0) is 6.18 Å². The summed E-state index contributed by atoms with van der Waals surface area (Å²) in [6.07, 6.45) is -1.31. The molecule has 2 heterocycles. The highest BCUT2D eigenvalue weighted by Crippen LogP contribution is 2.28. The zero-order valence-electron chi connectivity index (χ0n) is 11.0. The highest BCUT2D eigenvalue weighted by molar-refractivity contribution is 5.38. The molecule has 0 bridgehead atoms. The van der Waals surface area contributed by atoms with Crippen molar-refractivity contribution in [2.75, 3.05) is 32.1 Å². The summed E-state index contributed by atoms with van der Waals surface area (Å²) < 4.78 is 37.8. The fraction of sp³-hybridized carbons (Fsp3) is 0.667. The maximum atomic E-state index is 12.6. The van der Waals surface area contributed by atoms with Crippen LogP contribution in [0.25, 0.3) is 0 Å². The molecule has 2 rings (SSSR count). The SMILES string of the molecule is CN(C)[C@@H]1CCCN(c2ccnc(C(F)(F)F)n2)C1. The Kier molecular flexibility index (Phi) is 3.93. The number of nitrogens with zero attached hydrogens (tertiary/aromatic N) is 4. The molecule has 0 radical (unpaired) electrons. The molecule has 1 aliphatic heterocycles. The summed E-state index contributed by atoms with van der Waals surface area (Å²) >= 11 is 0. The van der Waals surface area contributed by atoms with Gasteiger partial charge in [0, 0.05) is 25.3 Å². The van der Waals surface area contributed by atoms with Crippen LogP contribution in [0.5, 0.6) is 0 Å². The Balaban J connectivity index is 2.17. The third-order valence-electron chi connectivity index (χ3n) is 3.35. The molecule has 4 nitrogen and oxygen atoms in total. The van der Waals surface area contributed by atoms with Crippen molar-refractivity contribution in [3.8, 4) is 0 Å². The molecular formula is C12H17F3N4. The van der Waals surface area contributed by atoms with Gasteiger partial charge in [-0.2, -0.15) is 13.2 Å². The highest BCUT2D eigenvalue weighted by atomic mass is 19.4. The molecule has 1 saturated heterocycles. The minimum Gasteiger partial charge on any atom is -0.355 e. The van der Waals surface area contributed by atoms with E-state index in [1.54, 1.807) is 0 Å². The van der Waals surface area contributed by atoms with E-state index in [4.69, 9.17) is 0 Å². The van der Waals surface area contributed by atoms with Gasteiger partial charge in [-0.3, -0.25) is 0 Å². The van der Waals surface area contributed by atoms with Crippen LogP contribution in [0.2, 0.25) is 0 Å². The van der Waals surface area contributed by atoms with Gasteiger partial charge in [-0.1, -0.05) is 0 Å². The minimum atomic E-state index is -4.49. The Morgan fingerprint density at radius 1 is 1.37 bits per heavy atom. The third kappa shape index (κ3) is 3.34. The lowest BCUT2D eigenvalue weighted by Gasteiger charge is -2.36. The Hall–Kier alpha value is -1.37. The zero-order valence-corrected chi connectivity index (χ0v) is 11.0. The summed E-state index contributed by atoms with van der Waals surface area (Å²) in [5, 5.41) is 0. The number of hydrogen-bond donors (Lipinski definition) is 0. The normalized spacial score (nSPS) is 20.9. The van der Waals surface area contributed by atoms with E-state index in [9.17, 15) is 13.2 Å². The molecule has 106 valence electrons. The van der Waals surface area contributed by atoms with Crippen LogP contribution in [0, 0.1) is 0 Å². The smallest absolute Gasteiger partial charge is 0.355 e. The number of aromatic nitrogens is 2. The Morgan fingerprint density at radius 3 is 2.74 bits per heavy atom. The number of alkyl halides is 3. The average Bonchev–Trinajstić information content (AvgIpc) is 2.38. The first kappa shape index (κ1) is 14.0. The van der Waals surface area contributed by atoms with E-state index in [1.807, 2.05) is 19.0 Å². The molecule has 0 aromatic carbocycles. The molecule has 0 saturated carbocycles. The number of hydrogen-bond acceptors (Lipinski definition) is 4. The molecule has 7 heteroatoms. The summed E-state index contributed by atoms with van der Waals surface area (Å²) in [5.74, 6) is -0.717. The Labute approximate surface area is 110 Å². The van der Waals surface area contributed by atoms with Gasteiger partial charge in [-0.15, -0.1) is 0 Å². The van der Waals surface area contributed by atoms with Crippen molar-refractivity contribution in [3.05, 3.63) is 18.1 Å². The molecule has 0 amide bonds. The van der Waals surface area contributed by atoms with Crippen LogP contribution in [0.3, 0.4) is 0 Å². The largest absolute Gasteiger partial charge is 0.451 e. The monoisotopic (exact) mass is 274 g/mol. The molecule has 0 spiro atoms. The molecule has 1 aromatic rings. The molecule has 1 aliphatic rings. The zero-order chi connectivity index (χ0) is 14.0. The summed E-state index contributed by atoms with van der Waals surface area (Å²) in [6, 6.07) is 1.88. The van der Waals surface area contributed by atoms with Gasteiger partial charge in [-0.05, 0) is 33.0 Å². The second-order valence-corrected chi connectivity index (χ2v) is 4.94. The number of anilines is 1. The van der Waals surface area contributed by atoms with Gasteiger partial charge in [0.15, 0.2) is 0 Å². The Bertz CT molecular complexity index is 433. The summed E-state index contributed by atoms with van der Waals surface area (Å²) in [6.45, 7) is 1.43. The predicted octanol–water partition coefficient (Wildman–Crippen LogP) is 2.03. The molecule has 0 aliphatic carbocycles. The van der Waals surface area contributed by atoms with Gasteiger partial charge in [0.1, 0.15) is 5.82 Å². The maximum absolute atomic E-state index is 12.6. The topological polar surface area (TPSA) is 32.3 Å². The molecule has 0 N–H and O–H groups in total. The first-order valence-corrected chi connectivity index (χ1v) is 6.19. The van der Waals surface area contributed by atoms with Crippen molar-refractivity contribution >= 4 is 5.82 Å². The Morgan fingerprint density at radius 2 is 2.11 bits per heavy atom. The van der Waals surface area contributed by atoms with Crippen molar-refractivity contribution < 1.29 is 13.2 Å². The van der Waals surface area contributed by atoms with Gasteiger partial charge in [0.25, 0.3) is 0 Å². The summed E-state index contributed by atoms with van der Waals surface area (Å²) in [4.78, 5) is 10.9. The van der Waals surface area contributed by atoms with Crippen molar-refractivity contribution in [2.24, 2.45) is 0 Å². The van der Waals surface area contributed by atoms with Crippen LogP contribution >= 0.6 is 0 Å². The van der Waals surface area contributed by atoms with Crippen molar-refractivity contribution in [2.45, 2.75) is 25.1 Å². The first-order valence-electron chi connectivity index (χ1n) is 6.19. The fourth-order valence-corrected chi connectivity index (χ4v) is 2.25. The lowest BCUT2D eigenvalue weighted by atomic mass is 10.1. The number of likely N-dealkylation sites (N-methyl/N-ethyl adjacent to an activating group) is 1. The van der Waals surface area contributed by atoms with Crippen LogP contribution in [0.1, 0.15) is 18.7 Å². The lowest BCUT2D eigenvalue weighted by molar-refractivity contribution is -0.144. The standard InChI is InChI=1S/C12H17F3N4/c1-18(2)9-4-3-7-19(8-9)10-5-6-16-11(17-10)12(13,14)15/h5-6,9H,3-4,7-8H2,1-2H3/t9-/m1/s1. The summed E-state index contributed by atoms with van der Waals surface area (Å²) in [7, 11) is 3.96. The van der Waals surface area contributed by atoms with Crippen molar-refractivity contribution in [1.82, 2.24) is 14.9 Å². The second kappa shape index (κ2) is 5.32. The van der Waals surface area contributed by atoms with Gasteiger partial charge in [0.05, 0.1) is 0 Å². The quantitative estimate of drug-likeness (QED) is 0.826. The van der Waals surface area contributed by atoms with E-state index in [0.29, 0.717) is 18.4 Å². The number of halogens is 3. The maximum Gasteiger partial charge on any atom is 0.451 e. The van der Waals surface area contributed by atoms with Gasteiger partial charge < -0.3 is 9.80 Å². The van der Waals surface area contributed by atoms with Crippen LogP contribution < -0.4 is 4.90 Å². The number of rotatable bonds is 2. The average molecular weight is 274 g/mol. The second-order valence-electron chi connectivity index (χ2n) is 4.94. The van der Waals surface area contributed by atoms with E-state index in [2.05, 4.69) is 14.9 Å². The van der Waals surface area contributed by atoms with E-state index < -0.39 is 12.0 Å². The minimum absolute atomic E-state index is 0.345. The summed E-state index contributed by atoms with van der Waals surface area (Å²) in [5.41, 5.74) is 0. The van der Waals surface area contributed by atoms with E-state index in [1.165, 1.54) is 12.3 Å². The van der Waals surface area contributed by atoms with Gasteiger partial charge >= 0.3 is 6.18 Å². The van der Waals surface area contributed by atoms with Gasteiger partial charge in [0.2, 0.25) is 5.82 Å². The van der Waals surface area contributed by atoms with Gasteiger partial charge in [-0.25, -0.2) is 9.97 Å². The molecule has 19 heavy (non-hydrogen) atoms. The fourth-order valence-electron chi connectivity index (χ4n) is 2.25. The van der Waals surface area contributed by atoms with Crippen LogP contribution in [0.4, 0.5) is 19.0 Å². The van der Waals surface area contributed by atoms with E-state index >= 15 is 0 Å².